The molecule has 0 aliphatic carbocycles. The molecule has 2 heterocycles. The topological polar surface area (TPSA) is 61.8 Å². The number of aliphatic hydroxyl groups excluding tert-OH is 1. The van der Waals surface area contributed by atoms with E-state index < -0.39 is 0 Å². The first kappa shape index (κ1) is 14.8. The van der Waals surface area contributed by atoms with Crippen molar-refractivity contribution in [1.29, 1.82) is 0 Å². The molecule has 0 saturated carbocycles. The van der Waals surface area contributed by atoms with Gasteiger partial charge in [0, 0.05) is 25.8 Å². The maximum absolute atomic E-state index is 11.9. The minimum Gasteiger partial charge on any atom is -0.396 e. The summed E-state index contributed by atoms with van der Waals surface area (Å²) in [5, 5.41) is 12.0. The van der Waals surface area contributed by atoms with E-state index in [4.69, 9.17) is 9.84 Å². The van der Waals surface area contributed by atoms with Crippen LogP contribution in [0.1, 0.15) is 38.5 Å². The van der Waals surface area contributed by atoms with Gasteiger partial charge in [-0.3, -0.25) is 9.69 Å². The van der Waals surface area contributed by atoms with E-state index in [1.54, 1.807) is 0 Å². The Bertz CT molecular complexity index is 278. The van der Waals surface area contributed by atoms with Gasteiger partial charge in [-0.1, -0.05) is 6.42 Å². The van der Waals surface area contributed by atoms with E-state index in [0.29, 0.717) is 19.1 Å². The SMILES string of the molecule is O=C(CN1CCCCC1CCO)NCC1CCCO1. The van der Waals surface area contributed by atoms with Crippen molar-refractivity contribution in [3.8, 4) is 0 Å². The second-order valence-electron chi connectivity index (χ2n) is 5.57. The summed E-state index contributed by atoms with van der Waals surface area (Å²) >= 11 is 0. The molecule has 19 heavy (non-hydrogen) atoms. The lowest BCUT2D eigenvalue weighted by molar-refractivity contribution is -0.123. The van der Waals surface area contributed by atoms with E-state index in [9.17, 15) is 4.79 Å². The Labute approximate surface area is 115 Å². The van der Waals surface area contributed by atoms with Crippen LogP contribution in [-0.4, -0.2) is 60.9 Å². The summed E-state index contributed by atoms with van der Waals surface area (Å²) in [5.74, 6) is 0.0836. The fourth-order valence-corrected chi connectivity index (χ4v) is 3.02. The van der Waals surface area contributed by atoms with Gasteiger partial charge in [0.2, 0.25) is 5.91 Å². The zero-order chi connectivity index (χ0) is 13.5. The zero-order valence-electron chi connectivity index (χ0n) is 11.6. The van der Waals surface area contributed by atoms with Gasteiger partial charge in [-0.2, -0.15) is 0 Å². The average Bonchev–Trinajstić information content (AvgIpc) is 2.92. The van der Waals surface area contributed by atoms with Crippen molar-refractivity contribution in [3.63, 3.8) is 0 Å². The normalized spacial score (nSPS) is 28.5. The molecule has 0 aromatic rings. The van der Waals surface area contributed by atoms with Crippen LogP contribution in [-0.2, 0) is 9.53 Å². The Morgan fingerprint density at radius 2 is 2.21 bits per heavy atom. The number of ether oxygens (including phenoxy) is 1. The average molecular weight is 270 g/mol. The Kier molecular flexibility index (Phi) is 6.07. The van der Waals surface area contributed by atoms with Gasteiger partial charge in [0.25, 0.3) is 0 Å². The van der Waals surface area contributed by atoms with Crippen molar-refractivity contribution in [3.05, 3.63) is 0 Å². The second-order valence-corrected chi connectivity index (χ2v) is 5.57. The summed E-state index contributed by atoms with van der Waals surface area (Å²) in [6, 6.07) is 0.368. The van der Waals surface area contributed by atoms with Crippen LogP contribution in [0.5, 0.6) is 0 Å². The van der Waals surface area contributed by atoms with Crippen molar-refractivity contribution in [2.75, 3.05) is 32.8 Å². The third-order valence-corrected chi connectivity index (χ3v) is 4.11. The molecule has 0 spiro atoms. The summed E-state index contributed by atoms with van der Waals surface area (Å²) in [6.07, 6.45) is 6.60. The van der Waals surface area contributed by atoms with Crippen molar-refractivity contribution in [2.24, 2.45) is 0 Å². The maximum atomic E-state index is 11.9. The highest BCUT2D eigenvalue weighted by atomic mass is 16.5. The van der Waals surface area contributed by atoms with E-state index in [0.717, 1.165) is 45.3 Å². The van der Waals surface area contributed by atoms with Crippen molar-refractivity contribution >= 4 is 5.91 Å². The molecule has 0 aromatic carbocycles. The third-order valence-electron chi connectivity index (χ3n) is 4.11. The standard InChI is InChI=1S/C14H26N2O3/c17-8-6-12-4-1-2-7-16(12)11-14(18)15-10-13-5-3-9-19-13/h12-13,17H,1-11H2,(H,15,18). The molecule has 2 aliphatic rings. The fourth-order valence-electron chi connectivity index (χ4n) is 3.02. The second kappa shape index (κ2) is 7.82. The van der Waals surface area contributed by atoms with E-state index in [2.05, 4.69) is 10.2 Å². The number of aliphatic hydroxyl groups is 1. The Morgan fingerprint density at radius 1 is 1.32 bits per heavy atom. The minimum absolute atomic E-state index is 0.0836. The number of nitrogens with one attached hydrogen (secondary N) is 1. The van der Waals surface area contributed by atoms with E-state index in [1.807, 2.05) is 0 Å². The van der Waals surface area contributed by atoms with Gasteiger partial charge < -0.3 is 15.2 Å². The minimum atomic E-state index is 0.0836. The lowest BCUT2D eigenvalue weighted by atomic mass is 10.00. The number of likely N-dealkylation sites (tertiary alicyclic amines) is 1. The summed E-state index contributed by atoms with van der Waals surface area (Å²) < 4.78 is 5.49. The largest absolute Gasteiger partial charge is 0.396 e. The third kappa shape index (κ3) is 4.75. The van der Waals surface area contributed by atoms with Crippen LogP contribution in [0, 0.1) is 0 Å². The van der Waals surface area contributed by atoms with Crippen LogP contribution in [0.3, 0.4) is 0 Å². The molecule has 2 fully saturated rings. The lowest BCUT2D eigenvalue weighted by Crippen LogP contribution is -2.46. The monoisotopic (exact) mass is 270 g/mol. The highest BCUT2D eigenvalue weighted by molar-refractivity contribution is 5.78. The first-order valence-corrected chi connectivity index (χ1v) is 7.53. The summed E-state index contributed by atoms with van der Waals surface area (Å²) in [6.45, 7) is 3.09. The van der Waals surface area contributed by atoms with E-state index >= 15 is 0 Å². The molecule has 2 saturated heterocycles. The molecule has 5 nitrogen and oxygen atoms in total. The highest BCUT2D eigenvalue weighted by Crippen LogP contribution is 2.19. The molecular weight excluding hydrogens is 244 g/mol. The highest BCUT2D eigenvalue weighted by Gasteiger charge is 2.24. The zero-order valence-corrected chi connectivity index (χ0v) is 11.6. The predicted octanol–water partition coefficient (Wildman–Crippen LogP) is 0.519. The Balaban J connectivity index is 1.69. The molecular formula is C14H26N2O3. The molecule has 0 bridgehead atoms. The summed E-state index contributed by atoms with van der Waals surface area (Å²) in [7, 11) is 0. The molecule has 2 aliphatic heterocycles. The lowest BCUT2D eigenvalue weighted by Gasteiger charge is -2.34. The molecule has 2 atom stereocenters. The maximum Gasteiger partial charge on any atom is 0.234 e. The van der Waals surface area contributed by atoms with Crippen LogP contribution in [0.15, 0.2) is 0 Å². The quantitative estimate of drug-likeness (QED) is 0.738. The Morgan fingerprint density at radius 3 is 2.95 bits per heavy atom. The number of hydrogen-bond donors (Lipinski definition) is 2. The van der Waals surface area contributed by atoms with Crippen LogP contribution in [0.4, 0.5) is 0 Å². The number of hydrogen-bond acceptors (Lipinski definition) is 4. The number of carbonyl (C=O) groups is 1. The van der Waals surface area contributed by atoms with Gasteiger partial charge in [-0.15, -0.1) is 0 Å². The van der Waals surface area contributed by atoms with E-state index in [1.165, 1.54) is 6.42 Å². The first-order chi connectivity index (χ1) is 9.29. The molecule has 110 valence electrons. The van der Waals surface area contributed by atoms with Crippen molar-refractivity contribution in [1.82, 2.24) is 10.2 Å². The van der Waals surface area contributed by atoms with Gasteiger partial charge in [0.15, 0.2) is 0 Å². The van der Waals surface area contributed by atoms with Crippen LogP contribution in [0.25, 0.3) is 0 Å². The molecule has 0 radical (unpaired) electrons. The summed E-state index contributed by atoms with van der Waals surface area (Å²) in [5.41, 5.74) is 0. The molecule has 2 N–H and O–H groups in total. The number of amides is 1. The molecule has 2 unspecified atom stereocenters. The molecule has 1 amide bonds. The molecule has 2 rings (SSSR count). The van der Waals surface area contributed by atoms with Crippen LogP contribution in [0.2, 0.25) is 0 Å². The van der Waals surface area contributed by atoms with E-state index in [-0.39, 0.29) is 18.6 Å². The van der Waals surface area contributed by atoms with Gasteiger partial charge >= 0.3 is 0 Å². The predicted molar refractivity (Wildman–Crippen MR) is 72.9 cm³/mol. The molecule has 5 heteroatoms. The van der Waals surface area contributed by atoms with Crippen LogP contribution >= 0.6 is 0 Å². The van der Waals surface area contributed by atoms with Gasteiger partial charge in [0.05, 0.1) is 12.6 Å². The van der Waals surface area contributed by atoms with Gasteiger partial charge in [-0.25, -0.2) is 0 Å². The smallest absolute Gasteiger partial charge is 0.234 e. The number of piperidine rings is 1. The Hall–Kier alpha value is -0.650. The number of nitrogens with zero attached hydrogens (tertiary/aromatic N) is 1. The van der Waals surface area contributed by atoms with Gasteiger partial charge in [-0.05, 0) is 38.6 Å². The van der Waals surface area contributed by atoms with Crippen molar-refractivity contribution < 1.29 is 14.6 Å². The fraction of sp³-hybridized carbons (Fsp3) is 0.929. The van der Waals surface area contributed by atoms with Gasteiger partial charge in [0.1, 0.15) is 0 Å². The summed E-state index contributed by atoms with van der Waals surface area (Å²) in [4.78, 5) is 14.2. The molecule has 0 aromatic heterocycles. The number of rotatable bonds is 6. The number of carbonyl (C=O) groups excluding carboxylic acids is 1. The van der Waals surface area contributed by atoms with Crippen LogP contribution < -0.4 is 5.32 Å². The van der Waals surface area contributed by atoms with Crippen molar-refractivity contribution in [2.45, 2.75) is 50.7 Å². The first-order valence-electron chi connectivity index (χ1n) is 7.53.